The van der Waals surface area contributed by atoms with E-state index in [2.05, 4.69) is 44.5 Å². The Labute approximate surface area is 281 Å². The number of para-hydroxylation sites is 1. The van der Waals surface area contributed by atoms with Crippen LogP contribution in [0.15, 0.2) is 85.1 Å². The number of rotatable bonds is 11. The van der Waals surface area contributed by atoms with Crippen LogP contribution in [0.5, 0.6) is 0 Å². The topological polar surface area (TPSA) is 77.2 Å². The van der Waals surface area contributed by atoms with Gasteiger partial charge >= 0.3 is 0 Å². The maximum atomic E-state index is 13.2. The normalized spacial score (nSPS) is 14.8. The number of amides is 1. The molecule has 0 bridgehead atoms. The molecule has 0 radical (unpaired) electrons. The number of likely N-dealkylation sites (tertiary alicyclic amines) is 1. The maximum Gasteiger partial charge on any atom is 0.253 e. The summed E-state index contributed by atoms with van der Waals surface area (Å²) < 4.78 is 0. The SMILES string of the molecule is Cc1ccc(C(=O)N(C)CC(CCN2CCC(Nc3nc4c(Cc5ccccn5)cccc4[nH]3)CC2)c2ccc(Cl)c(Cl)c2)cc1. The monoisotopic (exact) mass is 654 g/mol. The molecule has 1 saturated heterocycles. The van der Waals surface area contributed by atoms with E-state index in [9.17, 15) is 4.79 Å². The van der Waals surface area contributed by atoms with Crippen LogP contribution in [0, 0.1) is 6.92 Å². The minimum absolute atomic E-state index is 0.0198. The van der Waals surface area contributed by atoms with Gasteiger partial charge in [0, 0.05) is 62.5 Å². The number of benzene rings is 3. The zero-order chi connectivity index (χ0) is 32.0. The lowest BCUT2D eigenvalue weighted by molar-refractivity contribution is 0.0782. The second-order valence-corrected chi connectivity index (χ2v) is 13.2. The molecule has 1 unspecified atom stereocenters. The molecular formula is C37H40Cl2N6O. The summed E-state index contributed by atoms with van der Waals surface area (Å²) in [5.74, 6) is 0.968. The molecule has 1 aliphatic rings. The van der Waals surface area contributed by atoms with Gasteiger partial charge in [-0.1, -0.05) is 65.2 Å². The number of aromatic nitrogens is 3. The number of anilines is 1. The number of H-pyrrole nitrogens is 1. The molecule has 3 heterocycles. The second kappa shape index (κ2) is 14.7. The molecular weight excluding hydrogens is 615 g/mol. The van der Waals surface area contributed by atoms with Crippen LogP contribution in [0.2, 0.25) is 10.0 Å². The number of hydrogen-bond acceptors (Lipinski definition) is 5. The fourth-order valence-electron chi connectivity index (χ4n) is 6.29. The molecule has 6 rings (SSSR count). The van der Waals surface area contributed by atoms with Gasteiger partial charge in [-0.15, -0.1) is 0 Å². The first-order valence-corrected chi connectivity index (χ1v) is 16.7. The average molecular weight is 656 g/mol. The first kappa shape index (κ1) is 32.0. The predicted molar refractivity (Wildman–Crippen MR) is 188 cm³/mol. The smallest absolute Gasteiger partial charge is 0.253 e. The van der Waals surface area contributed by atoms with Crippen LogP contribution in [0.4, 0.5) is 5.95 Å². The Balaban J connectivity index is 1.06. The Morgan fingerprint density at radius 1 is 1.02 bits per heavy atom. The number of imidazole rings is 1. The van der Waals surface area contributed by atoms with E-state index >= 15 is 0 Å². The Morgan fingerprint density at radius 3 is 2.57 bits per heavy atom. The van der Waals surface area contributed by atoms with Gasteiger partial charge in [0.15, 0.2) is 0 Å². The van der Waals surface area contributed by atoms with Crippen molar-refractivity contribution in [3.8, 4) is 0 Å². The summed E-state index contributed by atoms with van der Waals surface area (Å²) in [7, 11) is 1.88. The first-order chi connectivity index (χ1) is 22.3. The number of nitrogens with one attached hydrogen (secondary N) is 2. The van der Waals surface area contributed by atoms with E-state index < -0.39 is 0 Å². The van der Waals surface area contributed by atoms with Gasteiger partial charge in [0.05, 0.1) is 21.1 Å². The van der Waals surface area contributed by atoms with Crippen LogP contribution in [-0.2, 0) is 6.42 Å². The van der Waals surface area contributed by atoms with Crippen molar-refractivity contribution in [1.29, 1.82) is 0 Å². The Bertz CT molecular complexity index is 1770. The summed E-state index contributed by atoms with van der Waals surface area (Å²) in [4.78, 5) is 30.5. The summed E-state index contributed by atoms with van der Waals surface area (Å²) in [6.45, 7) is 5.55. The summed E-state index contributed by atoms with van der Waals surface area (Å²) in [6, 6.07) is 26.2. The van der Waals surface area contributed by atoms with Crippen molar-refractivity contribution in [2.45, 2.75) is 44.6 Å². The summed E-state index contributed by atoms with van der Waals surface area (Å²) in [5, 5.41) is 4.74. The number of aromatic amines is 1. The summed E-state index contributed by atoms with van der Waals surface area (Å²) >= 11 is 12.7. The largest absolute Gasteiger partial charge is 0.353 e. The lowest BCUT2D eigenvalue weighted by atomic mass is 9.94. The molecule has 2 aromatic heterocycles. The molecule has 3 aromatic carbocycles. The van der Waals surface area contributed by atoms with Crippen molar-refractivity contribution >= 4 is 46.1 Å². The van der Waals surface area contributed by atoms with Gasteiger partial charge in [-0.3, -0.25) is 9.78 Å². The standard InChI is InChI=1S/C37H40Cl2N6O/c1-25-9-11-26(12-10-25)36(46)44(2)24-29(27-13-14-32(38)33(39)23-27)15-19-45-20-16-30(17-21-45)41-37-42-34-8-5-6-28(35(34)43-37)22-31-7-3-4-18-40-31/h3-14,18,23,29-30H,15-17,19-22,24H2,1-2H3,(H2,41,42,43). The number of nitrogens with zero attached hydrogens (tertiary/aromatic N) is 4. The molecule has 9 heteroatoms. The molecule has 1 amide bonds. The molecule has 0 saturated carbocycles. The van der Waals surface area contributed by atoms with Crippen LogP contribution >= 0.6 is 23.2 Å². The van der Waals surface area contributed by atoms with Gasteiger partial charge in [0.25, 0.3) is 5.91 Å². The van der Waals surface area contributed by atoms with Crippen LogP contribution in [-0.4, -0.2) is 69.9 Å². The van der Waals surface area contributed by atoms with Gasteiger partial charge < -0.3 is 20.1 Å². The molecule has 0 aliphatic carbocycles. The average Bonchev–Trinajstić information content (AvgIpc) is 3.49. The number of likely N-dealkylation sites (N-methyl/N-ethyl adjacent to an activating group) is 1. The van der Waals surface area contributed by atoms with Crippen LogP contribution < -0.4 is 5.32 Å². The predicted octanol–water partition coefficient (Wildman–Crippen LogP) is 7.99. The number of carbonyl (C=O) groups excluding carboxylic acids is 1. The molecule has 1 fully saturated rings. The molecule has 1 atom stereocenters. The van der Waals surface area contributed by atoms with Gasteiger partial charge in [-0.25, -0.2) is 4.98 Å². The van der Waals surface area contributed by atoms with E-state index in [1.54, 1.807) is 0 Å². The van der Waals surface area contributed by atoms with Crippen molar-refractivity contribution < 1.29 is 4.79 Å². The fourth-order valence-corrected chi connectivity index (χ4v) is 6.60. The number of pyridine rings is 1. The van der Waals surface area contributed by atoms with Crippen molar-refractivity contribution in [2.24, 2.45) is 0 Å². The zero-order valence-corrected chi connectivity index (χ0v) is 27.9. The molecule has 46 heavy (non-hydrogen) atoms. The molecule has 1 aliphatic heterocycles. The van der Waals surface area contributed by atoms with Crippen LogP contribution in [0.3, 0.4) is 0 Å². The fraction of sp³-hybridized carbons (Fsp3) is 0.324. The third-order valence-electron chi connectivity index (χ3n) is 8.97. The highest BCUT2D eigenvalue weighted by atomic mass is 35.5. The van der Waals surface area contributed by atoms with Gasteiger partial charge in [0.1, 0.15) is 0 Å². The van der Waals surface area contributed by atoms with Crippen LogP contribution in [0.25, 0.3) is 11.0 Å². The number of piperidine rings is 1. The highest BCUT2D eigenvalue weighted by Gasteiger charge is 2.24. The zero-order valence-electron chi connectivity index (χ0n) is 26.3. The van der Waals surface area contributed by atoms with Crippen molar-refractivity contribution in [2.75, 3.05) is 38.5 Å². The Hall–Kier alpha value is -3.91. The summed E-state index contributed by atoms with van der Waals surface area (Å²) in [6.07, 6.45) is 5.55. The quantitative estimate of drug-likeness (QED) is 0.151. The highest BCUT2D eigenvalue weighted by Crippen LogP contribution is 2.30. The van der Waals surface area contributed by atoms with Crippen molar-refractivity contribution in [3.63, 3.8) is 0 Å². The molecule has 7 nitrogen and oxygen atoms in total. The highest BCUT2D eigenvalue weighted by molar-refractivity contribution is 6.42. The van der Waals surface area contributed by atoms with Gasteiger partial charge in [0.2, 0.25) is 5.95 Å². The van der Waals surface area contributed by atoms with E-state index in [0.29, 0.717) is 28.2 Å². The number of aryl methyl sites for hydroxylation is 1. The minimum Gasteiger partial charge on any atom is -0.353 e. The van der Waals surface area contributed by atoms with E-state index in [-0.39, 0.29) is 11.8 Å². The van der Waals surface area contributed by atoms with Crippen molar-refractivity contribution in [1.82, 2.24) is 24.8 Å². The molecule has 0 spiro atoms. The molecule has 5 aromatic rings. The second-order valence-electron chi connectivity index (χ2n) is 12.4. The van der Waals surface area contributed by atoms with E-state index in [0.717, 1.165) is 84.7 Å². The number of halogens is 2. The van der Waals surface area contributed by atoms with Gasteiger partial charge in [-0.2, -0.15) is 0 Å². The summed E-state index contributed by atoms with van der Waals surface area (Å²) in [5.41, 5.74) is 7.16. The maximum absolute atomic E-state index is 13.2. The Morgan fingerprint density at radius 2 is 1.83 bits per heavy atom. The van der Waals surface area contributed by atoms with Crippen LogP contribution in [0.1, 0.15) is 57.9 Å². The van der Waals surface area contributed by atoms with E-state index in [1.807, 2.05) is 79.7 Å². The minimum atomic E-state index is 0.0198. The third-order valence-corrected chi connectivity index (χ3v) is 9.71. The Kier molecular flexibility index (Phi) is 10.2. The molecule has 2 N–H and O–H groups in total. The number of hydrogen-bond donors (Lipinski definition) is 2. The lowest BCUT2D eigenvalue weighted by Crippen LogP contribution is -2.40. The number of carbonyl (C=O) groups is 1. The number of fused-ring (bicyclic) bond motifs is 1. The van der Waals surface area contributed by atoms with E-state index in [4.69, 9.17) is 28.2 Å². The van der Waals surface area contributed by atoms with Gasteiger partial charge in [-0.05, 0) is 86.3 Å². The first-order valence-electron chi connectivity index (χ1n) is 16.0. The third kappa shape index (κ3) is 7.89. The van der Waals surface area contributed by atoms with E-state index in [1.165, 1.54) is 0 Å². The van der Waals surface area contributed by atoms with Crippen molar-refractivity contribution in [3.05, 3.63) is 123 Å². The molecule has 238 valence electrons. The lowest BCUT2D eigenvalue weighted by Gasteiger charge is -2.34.